The van der Waals surface area contributed by atoms with Gasteiger partial charge in [-0.3, -0.25) is 0 Å². The van der Waals surface area contributed by atoms with E-state index in [9.17, 15) is 8.42 Å². The molecule has 0 spiro atoms. The number of rotatable bonds is 8. The second-order valence-electron chi connectivity index (χ2n) is 5.93. The van der Waals surface area contributed by atoms with Crippen molar-refractivity contribution in [1.82, 2.24) is 14.2 Å². The molecule has 2 aliphatic carbocycles. The van der Waals surface area contributed by atoms with Crippen molar-refractivity contribution >= 4 is 10.0 Å². The Morgan fingerprint density at radius 2 is 2.14 bits per heavy atom. The van der Waals surface area contributed by atoms with Crippen LogP contribution in [0.2, 0.25) is 0 Å². The topological polar surface area (TPSA) is 54.3 Å². The minimum Gasteiger partial charge on any atom is -0.346 e. The molecule has 1 aromatic heterocycles. The van der Waals surface area contributed by atoms with Gasteiger partial charge in [-0.1, -0.05) is 6.08 Å². The standard InChI is InChI=1S/C15H23N3O2S/c1-3-8-18(13-6-7-13)21(19,20)15-9-14(10-16-2)17(11-15)12-4-5-12/h3,9,11-13,16H,1,4-8,10H2,2H3. The average molecular weight is 309 g/mol. The van der Waals surface area contributed by atoms with E-state index < -0.39 is 10.0 Å². The Morgan fingerprint density at radius 1 is 1.43 bits per heavy atom. The molecule has 0 atom stereocenters. The zero-order valence-corrected chi connectivity index (χ0v) is 13.3. The van der Waals surface area contributed by atoms with E-state index in [0.717, 1.165) is 31.4 Å². The van der Waals surface area contributed by atoms with Crippen molar-refractivity contribution in [2.24, 2.45) is 0 Å². The van der Waals surface area contributed by atoms with Gasteiger partial charge in [0.1, 0.15) is 4.90 Å². The van der Waals surface area contributed by atoms with Crippen LogP contribution in [-0.2, 0) is 16.6 Å². The van der Waals surface area contributed by atoms with Crippen LogP contribution in [0.25, 0.3) is 0 Å². The van der Waals surface area contributed by atoms with E-state index in [1.807, 2.05) is 19.3 Å². The molecular formula is C15H23N3O2S. The highest BCUT2D eigenvalue weighted by molar-refractivity contribution is 7.89. The number of hydrogen-bond acceptors (Lipinski definition) is 3. The maximum atomic E-state index is 12.9. The molecule has 2 saturated carbocycles. The van der Waals surface area contributed by atoms with Crippen molar-refractivity contribution < 1.29 is 8.42 Å². The first-order valence-electron chi connectivity index (χ1n) is 7.56. The Kier molecular flexibility index (Phi) is 3.94. The van der Waals surface area contributed by atoms with Crippen molar-refractivity contribution in [3.8, 4) is 0 Å². The summed E-state index contributed by atoms with van der Waals surface area (Å²) in [6.45, 7) is 4.77. The SMILES string of the molecule is C=CCN(C1CC1)S(=O)(=O)c1cc(CNC)n(C2CC2)c1. The van der Waals surface area contributed by atoms with Crippen LogP contribution in [-0.4, -0.2) is 36.9 Å². The van der Waals surface area contributed by atoms with Crippen LogP contribution < -0.4 is 5.32 Å². The fraction of sp³-hybridized carbons (Fsp3) is 0.600. The maximum Gasteiger partial charge on any atom is 0.245 e. The Bertz CT molecular complexity index is 627. The molecule has 1 aromatic rings. The summed E-state index contributed by atoms with van der Waals surface area (Å²) in [5.74, 6) is 0. The Morgan fingerprint density at radius 3 is 2.67 bits per heavy atom. The molecule has 0 radical (unpaired) electrons. The number of hydrogen-bond donors (Lipinski definition) is 1. The molecule has 0 unspecified atom stereocenters. The van der Waals surface area contributed by atoms with Gasteiger partial charge in [-0.15, -0.1) is 6.58 Å². The second-order valence-corrected chi connectivity index (χ2v) is 7.82. The van der Waals surface area contributed by atoms with Crippen LogP contribution in [0.15, 0.2) is 29.8 Å². The van der Waals surface area contributed by atoms with Crippen LogP contribution in [0.3, 0.4) is 0 Å². The molecule has 2 fully saturated rings. The van der Waals surface area contributed by atoms with Gasteiger partial charge < -0.3 is 9.88 Å². The van der Waals surface area contributed by atoms with Crippen molar-refractivity contribution in [3.05, 3.63) is 30.6 Å². The highest BCUT2D eigenvalue weighted by Crippen LogP contribution is 2.38. The summed E-state index contributed by atoms with van der Waals surface area (Å²) in [4.78, 5) is 0.424. The van der Waals surface area contributed by atoms with Crippen LogP contribution >= 0.6 is 0 Å². The summed E-state index contributed by atoms with van der Waals surface area (Å²) in [5.41, 5.74) is 1.05. The number of aromatic nitrogens is 1. The molecule has 1 heterocycles. The van der Waals surface area contributed by atoms with Gasteiger partial charge in [0.05, 0.1) is 0 Å². The van der Waals surface area contributed by atoms with Crippen LogP contribution in [0.1, 0.15) is 37.4 Å². The molecule has 1 N–H and O–H groups in total. The minimum absolute atomic E-state index is 0.157. The maximum absolute atomic E-state index is 12.9. The third-order valence-electron chi connectivity index (χ3n) is 4.07. The molecule has 21 heavy (non-hydrogen) atoms. The molecule has 2 aliphatic rings. The summed E-state index contributed by atoms with van der Waals surface area (Å²) in [6.07, 6.45) is 7.69. The lowest BCUT2D eigenvalue weighted by molar-refractivity contribution is 0.436. The zero-order valence-electron chi connectivity index (χ0n) is 12.5. The Labute approximate surface area is 126 Å². The smallest absolute Gasteiger partial charge is 0.245 e. The van der Waals surface area contributed by atoms with Crippen molar-refractivity contribution in [2.75, 3.05) is 13.6 Å². The summed E-state index contributed by atoms with van der Waals surface area (Å²) >= 11 is 0. The Balaban J connectivity index is 1.93. The van der Waals surface area contributed by atoms with Gasteiger partial charge in [0.25, 0.3) is 0 Å². The zero-order chi connectivity index (χ0) is 15.0. The van der Waals surface area contributed by atoms with Gasteiger partial charge >= 0.3 is 0 Å². The fourth-order valence-corrected chi connectivity index (χ4v) is 4.43. The van der Waals surface area contributed by atoms with Gasteiger partial charge in [-0.2, -0.15) is 4.31 Å². The van der Waals surface area contributed by atoms with E-state index in [-0.39, 0.29) is 6.04 Å². The molecule has 6 heteroatoms. The van der Waals surface area contributed by atoms with E-state index in [0.29, 0.717) is 24.0 Å². The van der Waals surface area contributed by atoms with Crippen LogP contribution in [0.5, 0.6) is 0 Å². The van der Waals surface area contributed by atoms with Gasteiger partial charge in [0, 0.05) is 37.1 Å². The Hall–Kier alpha value is -1.11. The highest BCUT2D eigenvalue weighted by Gasteiger charge is 2.38. The first-order chi connectivity index (χ1) is 10.1. The molecule has 0 aromatic carbocycles. The van der Waals surface area contributed by atoms with E-state index in [4.69, 9.17) is 0 Å². The summed E-state index contributed by atoms with van der Waals surface area (Å²) in [7, 11) is -1.53. The van der Waals surface area contributed by atoms with E-state index in [2.05, 4.69) is 16.5 Å². The highest BCUT2D eigenvalue weighted by atomic mass is 32.2. The number of nitrogens with zero attached hydrogens (tertiary/aromatic N) is 2. The molecule has 3 rings (SSSR count). The van der Waals surface area contributed by atoms with Gasteiger partial charge in [0.15, 0.2) is 0 Å². The van der Waals surface area contributed by atoms with E-state index in [1.54, 1.807) is 10.4 Å². The average Bonchev–Trinajstić information content (AvgIpc) is 3.35. The first-order valence-corrected chi connectivity index (χ1v) is 9.00. The monoisotopic (exact) mass is 309 g/mol. The first kappa shape index (κ1) is 14.8. The number of nitrogens with one attached hydrogen (secondary N) is 1. The van der Waals surface area contributed by atoms with Crippen molar-refractivity contribution in [2.45, 2.75) is 49.2 Å². The predicted molar refractivity (Wildman–Crippen MR) is 82.6 cm³/mol. The quantitative estimate of drug-likeness (QED) is 0.746. The molecule has 0 amide bonds. The van der Waals surface area contributed by atoms with Crippen LogP contribution in [0, 0.1) is 0 Å². The van der Waals surface area contributed by atoms with Crippen molar-refractivity contribution in [3.63, 3.8) is 0 Å². The van der Waals surface area contributed by atoms with Crippen molar-refractivity contribution in [1.29, 1.82) is 0 Å². The molecule has 0 saturated heterocycles. The third kappa shape index (κ3) is 2.93. The normalized spacial score (nSPS) is 19.1. The molecule has 116 valence electrons. The molecule has 5 nitrogen and oxygen atoms in total. The lowest BCUT2D eigenvalue weighted by Crippen LogP contribution is -2.33. The van der Waals surface area contributed by atoms with Gasteiger partial charge in [-0.25, -0.2) is 8.42 Å². The van der Waals surface area contributed by atoms with Gasteiger partial charge in [0.2, 0.25) is 10.0 Å². The fourth-order valence-electron chi connectivity index (χ4n) is 2.72. The van der Waals surface area contributed by atoms with E-state index >= 15 is 0 Å². The summed E-state index contributed by atoms with van der Waals surface area (Å²) in [5, 5.41) is 3.12. The van der Waals surface area contributed by atoms with Gasteiger partial charge in [-0.05, 0) is 38.8 Å². The summed E-state index contributed by atoms with van der Waals surface area (Å²) < 4.78 is 29.4. The number of sulfonamides is 1. The third-order valence-corrected chi connectivity index (χ3v) is 5.96. The van der Waals surface area contributed by atoms with E-state index in [1.165, 1.54) is 0 Å². The molecule has 0 bridgehead atoms. The lowest BCUT2D eigenvalue weighted by Gasteiger charge is -2.19. The minimum atomic E-state index is -3.41. The largest absolute Gasteiger partial charge is 0.346 e. The molecular weight excluding hydrogens is 286 g/mol. The summed E-state index contributed by atoms with van der Waals surface area (Å²) in [6, 6.07) is 2.46. The predicted octanol–water partition coefficient (Wildman–Crippen LogP) is 1.88. The lowest BCUT2D eigenvalue weighted by atomic mass is 10.4. The molecule has 0 aliphatic heterocycles. The second kappa shape index (κ2) is 5.59. The van der Waals surface area contributed by atoms with Crippen LogP contribution in [0.4, 0.5) is 0 Å².